The van der Waals surface area contributed by atoms with Crippen molar-refractivity contribution in [3.05, 3.63) is 23.8 Å². The van der Waals surface area contributed by atoms with Gasteiger partial charge < -0.3 is 0 Å². The molecule has 1 atom stereocenters. The van der Waals surface area contributed by atoms with Crippen LogP contribution in [0.3, 0.4) is 0 Å². The Kier molecular flexibility index (Phi) is 3.48. The predicted molar refractivity (Wildman–Crippen MR) is 68.9 cm³/mol. The van der Waals surface area contributed by atoms with E-state index in [9.17, 15) is 0 Å². The van der Waals surface area contributed by atoms with Gasteiger partial charge in [0.1, 0.15) is 0 Å². The van der Waals surface area contributed by atoms with Crippen molar-refractivity contribution in [3.63, 3.8) is 0 Å². The lowest BCUT2D eigenvalue weighted by Crippen LogP contribution is -2.28. The van der Waals surface area contributed by atoms with Crippen molar-refractivity contribution in [1.82, 2.24) is 0 Å². The Bertz CT molecular complexity index is 271. The summed E-state index contributed by atoms with van der Waals surface area (Å²) in [6.45, 7) is 14.0. The minimum atomic E-state index is 0.409. The Morgan fingerprint density at radius 1 is 1.20 bits per heavy atom. The van der Waals surface area contributed by atoms with Crippen LogP contribution >= 0.6 is 0 Å². The second-order valence-corrected chi connectivity index (χ2v) is 6.88. The summed E-state index contributed by atoms with van der Waals surface area (Å²) in [6, 6.07) is 0. The van der Waals surface area contributed by atoms with Crippen molar-refractivity contribution < 1.29 is 0 Å². The normalized spacial score (nSPS) is 22.8. The molecular formula is C15H26. The van der Waals surface area contributed by atoms with E-state index in [0.29, 0.717) is 16.7 Å². The Morgan fingerprint density at radius 2 is 1.80 bits per heavy atom. The second kappa shape index (κ2) is 4.15. The van der Waals surface area contributed by atoms with Gasteiger partial charge in [0.25, 0.3) is 0 Å². The van der Waals surface area contributed by atoms with Gasteiger partial charge in [0, 0.05) is 0 Å². The lowest BCUT2D eigenvalue weighted by molar-refractivity contribution is 0.158. The Balaban J connectivity index is 2.68. The smallest absolute Gasteiger partial charge is 0.0144 e. The largest absolute Gasteiger partial charge is 0.0810 e. The number of rotatable bonds is 2. The van der Waals surface area contributed by atoms with Gasteiger partial charge in [-0.1, -0.05) is 58.4 Å². The van der Waals surface area contributed by atoms with E-state index in [1.54, 1.807) is 0 Å². The van der Waals surface area contributed by atoms with Gasteiger partial charge in [-0.05, 0) is 36.5 Å². The first kappa shape index (κ1) is 12.5. The summed E-state index contributed by atoms with van der Waals surface area (Å²) in [4.78, 5) is 0. The number of hydrogen-bond acceptors (Lipinski definition) is 0. The van der Waals surface area contributed by atoms with Gasteiger partial charge in [-0.25, -0.2) is 0 Å². The van der Waals surface area contributed by atoms with E-state index in [1.807, 2.05) is 0 Å². The zero-order valence-corrected chi connectivity index (χ0v) is 11.2. The molecule has 0 saturated heterocycles. The maximum Gasteiger partial charge on any atom is -0.0144 e. The van der Waals surface area contributed by atoms with Crippen molar-refractivity contribution in [3.8, 4) is 0 Å². The summed E-state index contributed by atoms with van der Waals surface area (Å²) >= 11 is 0. The number of hydrogen-bond donors (Lipinski definition) is 0. The summed E-state index contributed by atoms with van der Waals surface area (Å²) in [6.07, 6.45) is 9.54. The predicted octanol–water partition coefficient (Wildman–Crippen LogP) is 4.97. The molecule has 0 aromatic rings. The van der Waals surface area contributed by atoms with E-state index in [1.165, 1.54) is 18.4 Å². The van der Waals surface area contributed by atoms with Gasteiger partial charge >= 0.3 is 0 Å². The summed E-state index contributed by atoms with van der Waals surface area (Å²) in [5.74, 6) is 0.709. The van der Waals surface area contributed by atoms with E-state index >= 15 is 0 Å². The van der Waals surface area contributed by atoms with Crippen molar-refractivity contribution in [1.29, 1.82) is 0 Å². The van der Waals surface area contributed by atoms with Crippen LogP contribution in [-0.2, 0) is 0 Å². The van der Waals surface area contributed by atoms with Crippen LogP contribution in [0.5, 0.6) is 0 Å². The van der Waals surface area contributed by atoms with Crippen LogP contribution in [0.4, 0.5) is 0 Å². The molecule has 0 aromatic carbocycles. The summed E-state index contributed by atoms with van der Waals surface area (Å²) in [7, 11) is 0. The van der Waals surface area contributed by atoms with Crippen molar-refractivity contribution in [2.75, 3.05) is 0 Å². The molecule has 1 aliphatic rings. The maximum atomic E-state index is 2.40. The summed E-state index contributed by atoms with van der Waals surface area (Å²) in [5, 5.41) is 0. The van der Waals surface area contributed by atoms with Crippen LogP contribution in [0, 0.1) is 16.7 Å². The molecule has 0 fully saturated rings. The SMILES string of the molecule is CC1=CCC(C(C)(C)CC(C)(C)C)C=C1. The van der Waals surface area contributed by atoms with Crippen molar-refractivity contribution in [2.45, 2.75) is 54.4 Å². The Hall–Kier alpha value is -0.520. The van der Waals surface area contributed by atoms with E-state index in [4.69, 9.17) is 0 Å². The molecule has 0 amide bonds. The third-order valence-corrected chi connectivity index (χ3v) is 3.27. The molecule has 1 rings (SSSR count). The first-order valence-corrected chi connectivity index (χ1v) is 6.06. The van der Waals surface area contributed by atoms with E-state index in [2.05, 4.69) is 59.8 Å². The molecule has 0 N–H and O–H groups in total. The fourth-order valence-electron chi connectivity index (χ4n) is 2.80. The van der Waals surface area contributed by atoms with Crippen LogP contribution in [0.15, 0.2) is 23.8 Å². The Morgan fingerprint density at radius 3 is 2.20 bits per heavy atom. The average molecular weight is 206 g/mol. The first-order valence-electron chi connectivity index (χ1n) is 6.06. The van der Waals surface area contributed by atoms with E-state index in [-0.39, 0.29) is 0 Å². The fraction of sp³-hybridized carbons (Fsp3) is 0.733. The van der Waals surface area contributed by atoms with Gasteiger partial charge in [0.05, 0.1) is 0 Å². The minimum absolute atomic E-state index is 0.409. The van der Waals surface area contributed by atoms with Crippen molar-refractivity contribution >= 4 is 0 Å². The molecule has 15 heavy (non-hydrogen) atoms. The molecule has 1 aliphatic carbocycles. The van der Waals surface area contributed by atoms with Crippen LogP contribution in [-0.4, -0.2) is 0 Å². The molecule has 0 heteroatoms. The highest BCUT2D eigenvalue weighted by atomic mass is 14.4. The summed E-state index contributed by atoms with van der Waals surface area (Å²) in [5.41, 5.74) is 2.25. The average Bonchev–Trinajstić information content (AvgIpc) is 2.00. The highest BCUT2D eigenvalue weighted by Crippen LogP contribution is 2.42. The molecular weight excluding hydrogens is 180 g/mol. The fourth-order valence-corrected chi connectivity index (χ4v) is 2.80. The van der Waals surface area contributed by atoms with Gasteiger partial charge in [0.2, 0.25) is 0 Å². The first-order chi connectivity index (χ1) is 6.71. The lowest BCUT2D eigenvalue weighted by Gasteiger charge is -2.38. The van der Waals surface area contributed by atoms with Gasteiger partial charge in [-0.2, -0.15) is 0 Å². The molecule has 0 aromatic heterocycles. The number of allylic oxidation sites excluding steroid dienone is 4. The molecule has 0 bridgehead atoms. The lowest BCUT2D eigenvalue weighted by atomic mass is 9.67. The molecule has 86 valence electrons. The van der Waals surface area contributed by atoms with Gasteiger partial charge in [0.15, 0.2) is 0 Å². The zero-order chi connectivity index (χ0) is 11.7. The standard InChI is InChI=1S/C15H26/c1-12-7-9-13(10-8-12)15(5,6)11-14(2,3)4/h7-9,13H,10-11H2,1-6H3. The monoisotopic (exact) mass is 206 g/mol. The highest BCUT2D eigenvalue weighted by Gasteiger charge is 2.32. The molecule has 0 saturated carbocycles. The van der Waals surface area contributed by atoms with Crippen LogP contribution in [0.25, 0.3) is 0 Å². The molecule has 0 aliphatic heterocycles. The minimum Gasteiger partial charge on any atom is -0.0810 e. The highest BCUT2D eigenvalue weighted by molar-refractivity contribution is 5.22. The van der Waals surface area contributed by atoms with Crippen LogP contribution in [0.1, 0.15) is 54.4 Å². The zero-order valence-electron chi connectivity index (χ0n) is 11.2. The maximum absolute atomic E-state index is 2.40. The third kappa shape index (κ3) is 3.85. The van der Waals surface area contributed by atoms with Crippen molar-refractivity contribution in [2.24, 2.45) is 16.7 Å². The second-order valence-electron chi connectivity index (χ2n) is 6.88. The van der Waals surface area contributed by atoms with E-state index < -0.39 is 0 Å². The van der Waals surface area contributed by atoms with Crippen LogP contribution < -0.4 is 0 Å². The molecule has 0 radical (unpaired) electrons. The van der Waals surface area contributed by atoms with Gasteiger partial charge in [-0.3, -0.25) is 0 Å². The molecule has 0 heterocycles. The third-order valence-electron chi connectivity index (χ3n) is 3.27. The topological polar surface area (TPSA) is 0 Å². The molecule has 0 nitrogen and oxygen atoms in total. The Labute approximate surface area is 95.5 Å². The molecule has 0 spiro atoms. The quantitative estimate of drug-likeness (QED) is 0.598. The van der Waals surface area contributed by atoms with E-state index in [0.717, 1.165) is 0 Å². The molecule has 1 unspecified atom stereocenters. The summed E-state index contributed by atoms with van der Waals surface area (Å²) < 4.78 is 0. The van der Waals surface area contributed by atoms with Crippen LogP contribution in [0.2, 0.25) is 0 Å². The van der Waals surface area contributed by atoms with Gasteiger partial charge in [-0.15, -0.1) is 0 Å².